The van der Waals surface area contributed by atoms with Crippen LogP contribution in [0.1, 0.15) is 65.2 Å². The van der Waals surface area contributed by atoms with Crippen molar-refractivity contribution in [3.8, 4) is 11.5 Å². The maximum atomic E-state index is 6.37. The number of hydrogen-bond donors (Lipinski definition) is 0. The first-order chi connectivity index (χ1) is 14.3. The Morgan fingerprint density at radius 3 is 1.69 bits per heavy atom. The molecule has 0 unspecified atom stereocenters. The van der Waals surface area contributed by atoms with Crippen LogP contribution in [0.3, 0.4) is 0 Å². The number of ether oxygens (including phenoxy) is 2. The molecule has 3 heteroatoms. The van der Waals surface area contributed by atoms with Gasteiger partial charge in [-0.05, 0) is 31.0 Å². The van der Waals surface area contributed by atoms with Crippen LogP contribution in [0, 0.1) is 0 Å². The molecule has 0 N–H and O–H groups in total. The molecule has 0 atom stereocenters. The predicted octanol–water partition coefficient (Wildman–Crippen LogP) is 8.67. The minimum atomic E-state index is 0.753. The Balaban J connectivity index is 1.96. The Kier molecular flexibility index (Phi) is 8.67. The molecule has 0 fully saturated rings. The van der Waals surface area contributed by atoms with Gasteiger partial charge in [-0.1, -0.05) is 92.6 Å². The standard InChI is InChI=1S/C26H33BrO2/c1-3-5-7-11-17-28-25-21-13-9-10-14-22(21)26(29-18-12-8-6-4-2)24-19-20(27)15-16-23(24)25/h9-10,13-16,19H,3-8,11-12,17-18H2,1-2H3. The van der Waals surface area contributed by atoms with Crippen molar-refractivity contribution in [1.29, 1.82) is 0 Å². The number of fused-ring (bicyclic) bond motifs is 2. The zero-order valence-electron chi connectivity index (χ0n) is 17.8. The van der Waals surface area contributed by atoms with Crippen LogP contribution in [0.25, 0.3) is 21.5 Å². The summed E-state index contributed by atoms with van der Waals surface area (Å²) in [4.78, 5) is 0. The highest BCUT2D eigenvalue weighted by atomic mass is 79.9. The Labute approximate surface area is 183 Å². The summed E-state index contributed by atoms with van der Waals surface area (Å²) in [5, 5.41) is 4.53. The third-order valence-electron chi connectivity index (χ3n) is 5.38. The molecular weight excluding hydrogens is 424 g/mol. The third kappa shape index (κ3) is 5.66. The molecule has 156 valence electrons. The Bertz CT molecular complexity index is 919. The molecule has 0 saturated carbocycles. The van der Waals surface area contributed by atoms with Crippen molar-refractivity contribution in [3.05, 3.63) is 46.9 Å². The van der Waals surface area contributed by atoms with Crippen LogP contribution >= 0.6 is 15.9 Å². The smallest absolute Gasteiger partial charge is 0.135 e. The summed E-state index contributed by atoms with van der Waals surface area (Å²) in [5.41, 5.74) is 0. The largest absolute Gasteiger partial charge is 0.492 e. The third-order valence-corrected chi connectivity index (χ3v) is 5.87. The molecular formula is C26H33BrO2. The Morgan fingerprint density at radius 1 is 0.621 bits per heavy atom. The molecule has 2 nitrogen and oxygen atoms in total. The summed E-state index contributed by atoms with van der Waals surface area (Å²) in [6.45, 7) is 5.98. The molecule has 0 amide bonds. The van der Waals surface area contributed by atoms with Gasteiger partial charge in [-0.15, -0.1) is 0 Å². The van der Waals surface area contributed by atoms with E-state index in [4.69, 9.17) is 9.47 Å². The van der Waals surface area contributed by atoms with Crippen molar-refractivity contribution in [2.45, 2.75) is 65.2 Å². The van der Waals surface area contributed by atoms with Crippen molar-refractivity contribution in [2.24, 2.45) is 0 Å². The van der Waals surface area contributed by atoms with Gasteiger partial charge in [0.25, 0.3) is 0 Å². The van der Waals surface area contributed by atoms with Crippen molar-refractivity contribution < 1.29 is 9.47 Å². The van der Waals surface area contributed by atoms with E-state index in [-0.39, 0.29) is 0 Å². The minimum Gasteiger partial charge on any atom is -0.492 e. The number of unbranched alkanes of at least 4 members (excludes halogenated alkanes) is 6. The van der Waals surface area contributed by atoms with Crippen LogP contribution in [0.15, 0.2) is 46.9 Å². The van der Waals surface area contributed by atoms with Crippen LogP contribution in [0.2, 0.25) is 0 Å². The van der Waals surface area contributed by atoms with Gasteiger partial charge in [0.2, 0.25) is 0 Å². The van der Waals surface area contributed by atoms with Gasteiger partial charge in [0, 0.05) is 26.0 Å². The van der Waals surface area contributed by atoms with Crippen LogP contribution in [-0.2, 0) is 0 Å². The van der Waals surface area contributed by atoms with E-state index in [0.29, 0.717) is 0 Å². The monoisotopic (exact) mass is 456 g/mol. The van der Waals surface area contributed by atoms with Crippen LogP contribution in [0.5, 0.6) is 11.5 Å². The van der Waals surface area contributed by atoms with Crippen molar-refractivity contribution in [1.82, 2.24) is 0 Å². The highest BCUT2D eigenvalue weighted by Gasteiger charge is 2.16. The Hall–Kier alpha value is -1.74. The molecule has 0 aliphatic heterocycles. The molecule has 0 aliphatic carbocycles. The van der Waals surface area contributed by atoms with Gasteiger partial charge < -0.3 is 9.47 Å². The maximum Gasteiger partial charge on any atom is 0.135 e. The molecule has 3 aromatic rings. The number of hydrogen-bond acceptors (Lipinski definition) is 2. The van der Waals surface area contributed by atoms with Crippen molar-refractivity contribution in [3.63, 3.8) is 0 Å². The molecule has 3 aromatic carbocycles. The highest BCUT2D eigenvalue weighted by molar-refractivity contribution is 9.10. The maximum absolute atomic E-state index is 6.37. The minimum absolute atomic E-state index is 0.753. The molecule has 29 heavy (non-hydrogen) atoms. The molecule has 0 aromatic heterocycles. The number of rotatable bonds is 12. The van der Waals surface area contributed by atoms with E-state index < -0.39 is 0 Å². The van der Waals surface area contributed by atoms with Crippen LogP contribution < -0.4 is 9.47 Å². The second-order valence-electron chi connectivity index (χ2n) is 7.71. The summed E-state index contributed by atoms with van der Waals surface area (Å²) in [6, 6.07) is 14.9. The van der Waals surface area contributed by atoms with E-state index in [1.807, 2.05) is 0 Å². The van der Waals surface area contributed by atoms with E-state index in [9.17, 15) is 0 Å². The normalized spacial score (nSPS) is 11.3. The average molecular weight is 457 g/mol. The van der Waals surface area contributed by atoms with E-state index in [1.54, 1.807) is 0 Å². The lowest BCUT2D eigenvalue weighted by Gasteiger charge is -2.18. The zero-order valence-corrected chi connectivity index (χ0v) is 19.4. The predicted molar refractivity (Wildman–Crippen MR) is 128 cm³/mol. The second kappa shape index (κ2) is 11.4. The summed E-state index contributed by atoms with van der Waals surface area (Å²) in [6.07, 6.45) is 9.63. The average Bonchev–Trinajstić information content (AvgIpc) is 2.74. The van der Waals surface area contributed by atoms with Gasteiger partial charge in [0.15, 0.2) is 0 Å². The first-order valence-electron chi connectivity index (χ1n) is 11.2. The zero-order chi connectivity index (χ0) is 20.5. The van der Waals surface area contributed by atoms with Gasteiger partial charge in [-0.2, -0.15) is 0 Å². The van der Waals surface area contributed by atoms with Gasteiger partial charge in [0.05, 0.1) is 13.2 Å². The van der Waals surface area contributed by atoms with Gasteiger partial charge in [-0.3, -0.25) is 0 Å². The first-order valence-corrected chi connectivity index (χ1v) is 11.9. The molecule has 0 spiro atoms. The van der Waals surface area contributed by atoms with Gasteiger partial charge in [-0.25, -0.2) is 0 Å². The van der Waals surface area contributed by atoms with E-state index in [1.165, 1.54) is 38.5 Å². The fourth-order valence-electron chi connectivity index (χ4n) is 3.79. The van der Waals surface area contributed by atoms with E-state index in [0.717, 1.165) is 63.6 Å². The summed E-state index contributed by atoms with van der Waals surface area (Å²) in [7, 11) is 0. The fourth-order valence-corrected chi connectivity index (χ4v) is 4.15. The molecule has 0 bridgehead atoms. The van der Waals surface area contributed by atoms with Gasteiger partial charge >= 0.3 is 0 Å². The molecule has 0 saturated heterocycles. The fraction of sp³-hybridized carbons (Fsp3) is 0.462. The van der Waals surface area contributed by atoms with Crippen molar-refractivity contribution >= 4 is 37.5 Å². The molecule has 0 radical (unpaired) electrons. The molecule has 0 aliphatic rings. The van der Waals surface area contributed by atoms with Gasteiger partial charge in [0.1, 0.15) is 11.5 Å². The lowest BCUT2D eigenvalue weighted by molar-refractivity contribution is 0.307. The summed E-state index contributed by atoms with van der Waals surface area (Å²) in [5.74, 6) is 1.96. The lowest BCUT2D eigenvalue weighted by Crippen LogP contribution is -2.02. The number of benzene rings is 3. The Morgan fingerprint density at radius 2 is 1.14 bits per heavy atom. The van der Waals surface area contributed by atoms with E-state index >= 15 is 0 Å². The second-order valence-corrected chi connectivity index (χ2v) is 8.63. The van der Waals surface area contributed by atoms with Crippen LogP contribution in [-0.4, -0.2) is 13.2 Å². The van der Waals surface area contributed by atoms with E-state index in [2.05, 4.69) is 72.2 Å². The summed E-state index contributed by atoms with van der Waals surface area (Å²) < 4.78 is 13.8. The summed E-state index contributed by atoms with van der Waals surface area (Å²) >= 11 is 3.64. The quantitative estimate of drug-likeness (QED) is 0.200. The number of halogens is 1. The molecule has 3 rings (SSSR count). The topological polar surface area (TPSA) is 18.5 Å². The van der Waals surface area contributed by atoms with Crippen LogP contribution in [0.4, 0.5) is 0 Å². The SMILES string of the molecule is CCCCCCOc1c2ccccc2c(OCCCCCC)c2cc(Br)ccc12. The lowest BCUT2D eigenvalue weighted by atomic mass is 10.0. The first kappa shape index (κ1) is 22.0. The molecule has 0 heterocycles. The van der Waals surface area contributed by atoms with Crippen molar-refractivity contribution in [2.75, 3.05) is 13.2 Å². The highest BCUT2D eigenvalue weighted by Crippen LogP contribution is 2.43.